The summed E-state index contributed by atoms with van der Waals surface area (Å²) in [6.07, 6.45) is 10.3. The van der Waals surface area contributed by atoms with Gasteiger partial charge in [-0.05, 0) is 88.1 Å². The number of hydrogen-bond acceptors (Lipinski definition) is 7. The van der Waals surface area contributed by atoms with E-state index in [-0.39, 0.29) is 18.4 Å². The Morgan fingerprint density at radius 2 is 1.68 bits per heavy atom. The van der Waals surface area contributed by atoms with Gasteiger partial charge in [0.1, 0.15) is 12.4 Å². The summed E-state index contributed by atoms with van der Waals surface area (Å²) in [4.78, 5) is 23.2. The molecular weight excluding hydrogens is 619 g/mol. The molecule has 2 aliphatic carbocycles. The first kappa shape index (κ1) is 34.2. The van der Waals surface area contributed by atoms with E-state index in [1.165, 1.54) is 12.5 Å². The Balaban J connectivity index is 1.31. The molecule has 2 aromatic carbocycles. The molecule has 10 heteroatoms. The summed E-state index contributed by atoms with van der Waals surface area (Å²) in [6, 6.07) is 11.8. The van der Waals surface area contributed by atoms with Crippen LogP contribution in [0.4, 0.5) is 0 Å². The lowest BCUT2D eigenvalue weighted by atomic mass is 9.54. The van der Waals surface area contributed by atoms with Crippen LogP contribution in [0.15, 0.2) is 54.6 Å². The minimum atomic E-state index is -1.20. The molecule has 47 heavy (non-hydrogen) atoms. The number of carbonyl (C=O) groups is 1. The highest BCUT2D eigenvalue weighted by Gasteiger charge is 2.74. The summed E-state index contributed by atoms with van der Waals surface area (Å²) in [5, 5.41) is 9.41. The van der Waals surface area contributed by atoms with Crippen LogP contribution in [0.1, 0.15) is 83.9 Å². The largest absolute Gasteiger partial charge is 0.494 e. The molecule has 2 heterocycles. The van der Waals surface area contributed by atoms with Gasteiger partial charge in [0.25, 0.3) is 5.79 Å². The van der Waals surface area contributed by atoms with Crippen molar-refractivity contribution < 1.29 is 38.5 Å². The van der Waals surface area contributed by atoms with E-state index >= 15 is 0 Å². The number of aliphatic carboxylic acids is 1. The zero-order valence-corrected chi connectivity index (χ0v) is 29.1. The third kappa shape index (κ3) is 5.87. The number of carboxylic acid groups (broad SMARTS) is 1. The van der Waals surface area contributed by atoms with Gasteiger partial charge in [0.2, 0.25) is 0 Å². The standard InChI is InChI=1S/C37H46BClO8/c1-23-18-26-20-24(2)36(28(19-23)21-26)37(42-7,47-46-36)30-17-14-27(10-8-9-11-31(40)41)33(32(30)39)43-22-25-12-15-29(16-13-25)38-44-34(3,4)35(5,6)45-38/h8-17,23-24,26,28H,18-22H2,1-7H3,(H,40,41)/b10-8+,11-9+. The Hall–Kier alpha value is -2.66. The molecule has 1 spiro atoms. The van der Waals surface area contributed by atoms with Crippen molar-refractivity contribution in [3.63, 3.8) is 0 Å². The number of hydrogen-bond donors (Lipinski definition) is 1. The van der Waals surface area contributed by atoms with Crippen LogP contribution in [0.3, 0.4) is 0 Å². The molecule has 0 radical (unpaired) electrons. The lowest BCUT2D eigenvalue weighted by Gasteiger charge is -2.65. The van der Waals surface area contributed by atoms with Crippen molar-refractivity contribution in [2.45, 2.75) is 96.4 Å². The predicted octanol–water partition coefficient (Wildman–Crippen LogP) is 7.46. The first-order valence-corrected chi connectivity index (χ1v) is 17.0. The molecule has 6 unspecified atom stereocenters. The summed E-state index contributed by atoms with van der Waals surface area (Å²) in [5.41, 5.74) is 1.66. The van der Waals surface area contributed by atoms with E-state index in [9.17, 15) is 4.79 Å². The van der Waals surface area contributed by atoms with Gasteiger partial charge in [0.05, 0.1) is 16.2 Å². The van der Waals surface area contributed by atoms with Crippen LogP contribution in [0.25, 0.3) is 6.08 Å². The Bertz CT molecular complexity index is 1530. The van der Waals surface area contributed by atoms with Crippen molar-refractivity contribution in [1.82, 2.24) is 0 Å². The van der Waals surface area contributed by atoms with E-state index < -0.39 is 35.7 Å². The fourth-order valence-electron chi connectivity index (χ4n) is 8.19. The molecule has 8 nitrogen and oxygen atoms in total. The minimum Gasteiger partial charge on any atom is -0.487 e. The van der Waals surface area contributed by atoms with Crippen molar-refractivity contribution >= 4 is 36.2 Å². The Labute approximate surface area is 283 Å². The maximum Gasteiger partial charge on any atom is 0.494 e. The molecule has 0 amide bonds. The summed E-state index contributed by atoms with van der Waals surface area (Å²) in [5.74, 6) is -0.0739. The number of ether oxygens (including phenoxy) is 2. The fourth-order valence-corrected chi connectivity index (χ4v) is 8.54. The molecule has 6 atom stereocenters. The van der Waals surface area contributed by atoms with E-state index in [0.29, 0.717) is 33.7 Å². The van der Waals surface area contributed by atoms with Gasteiger partial charge in [0, 0.05) is 24.3 Å². The maximum absolute atomic E-state index is 11.0. The van der Waals surface area contributed by atoms with Gasteiger partial charge in [-0.3, -0.25) is 0 Å². The maximum atomic E-state index is 11.0. The number of allylic oxidation sites excluding steroid dienone is 2. The molecule has 2 bridgehead atoms. The lowest BCUT2D eigenvalue weighted by molar-refractivity contribution is -0.641. The average Bonchev–Trinajstić information content (AvgIpc) is 3.21. The SMILES string of the molecule is COC1(c2ccc(/C=C/C=C/C(=O)O)c(OCc3ccc(B4OC(C)(C)C(C)(C)O4)cc3)c2Cl)OOC12C(C)CC1CC(C)CC2C1. The Kier molecular flexibility index (Phi) is 9.22. The zero-order valence-electron chi connectivity index (χ0n) is 28.4. The lowest BCUT2D eigenvalue weighted by Crippen LogP contribution is -2.74. The van der Waals surface area contributed by atoms with Crippen molar-refractivity contribution in [3.05, 3.63) is 76.3 Å². The van der Waals surface area contributed by atoms with Crippen molar-refractivity contribution in [2.75, 3.05) is 7.11 Å². The van der Waals surface area contributed by atoms with Gasteiger partial charge < -0.3 is 23.9 Å². The predicted molar refractivity (Wildman–Crippen MR) is 181 cm³/mol. The van der Waals surface area contributed by atoms with E-state index in [0.717, 1.165) is 36.4 Å². The average molecular weight is 665 g/mol. The van der Waals surface area contributed by atoms with E-state index in [4.69, 9.17) is 45.3 Å². The summed E-state index contributed by atoms with van der Waals surface area (Å²) in [7, 11) is 1.20. The molecule has 6 rings (SSSR count). The molecule has 1 N–H and O–H groups in total. The second kappa shape index (κ2) is 12.7. The number of benzene rings is 2. The fraction of sp³-hybridized carbons (Fsp3) is 0.541. The topological polar surface area (TPSA) is 92.7 Å². The molecule has 4 fully saturated rings. The summed E-state index contributed by atoms with van der Waals surface area (Å²) in [6.45, 7) is 12.9. The Morgan fingerprint density at radius 3 is 2.30 bits per heavy atom. The second-order valence-electron chi connectivity index (χ2n) is 14.8. The van der Waals surface area contributed by atoms with E-state index in [1.54, 1.807) is 19.3 Å². The van der Waals surface area contributed by atoms with E-state index in [1.807, 2.05) is 64.1 Å². The van der Waals surface area contributed by atoms with E-state index in [2.05, 4.69) is 13.8 Å². The molecule has 2 aliphatic heterocycles. The molecule has 2 saturated heterocycles. The first-order valence-electron chi connectivity index (χ1n) is 16.6. The van der Waals surface area contributed by atoms with Crippen LogP contribution >= 0.6 is 11.6 Å². The van der Waals surface area contributed by atoms with Crippen LogP contribution in [-0.4, -0.2) is 42.1 Å². The number of fused-ring (bicyclic) bond motifs is 3. The monoisotopic (exact) mass is 664 g/mol. The number of methoxy groups -OCH3 is 1. The first-order chi connectivity index (χ1) is 22.2. The van der Waals surface area contributed by atoms with Crippen LogP contribution < -0.4 is 10.2 Å². The normalized spacial score (nSPS) is 32.6. The number of halogens is 1. The Morgan fingerprint density at radius 1 is 0.979 bits per heavy atom. The van der Waals surface area contributed by atoms with Gasteiger partial charge in [-0.25, -0.2) is 9.68 Å². The number of carboxylic acids is 1. The highest BCUT2D eigenvalue weighted by Crippen LogP contribution is 2.65. The van der Waals surface area contributed by atoms with Gasteiger partial charge in [-0.2, -0.15) is 4.89 Å². The molecule has 2 aromatic rings. The molecule has 0 aromatic heterocycles. The van der Waals surface area contributed by atoms with Gasteiger partial charge in [0.15, 0.2) is 5.60 Å². The minimum absolute atomic E-state index is 0.191. The third-order valence-corrected chi connectivity index (χ3v) is 11.5. The molecule has 4 aliphatic rings. The second-order valence-corrected chi connectivity index (χ2v) is 15.2. The highest BCUT2D eigenvalue weighted by molar-refractivity contribution is 6.62. The van der Waals surface area contributed by atoms with Crippen molar-refractivity contribution in [1.29, 1.82) is 0 Å². The van der Waals surface area contributed by atoms with Crippen LogP contribution in [0.5, 0.6) is 5.75 Å². The summed E-state index contributed by atoms with van der Waals surface area (Å²) < 4.78 is 25.2. The highest BCUT2D eigenvalue weighted by atomic mass is 35.5. The van der Waals surface area contributed by atoms with Crippen molar-refractivity contribution in [2.24, 2.45) is 23.7 Å². The van der Waals surface area contributed by atoms with Crippen LogP contribution in [0, 0.1) is 23.7 Å². The van der Waals surface area contributed by atoms with Crippen LogP contribution in [0.2, 0.25) is 5.02 Å². The molecule has 252 valence electrons. The number of rotatable bonds is 9. The third-order valence-electron chi connectivity index (χ3n) is 11.2. The molecular formula is C37H46BClO8. The summed E-state index contributed by atoms with van der Waals surface area (Å²) >= 11 is 7.28. The van der Waals surface area contributed by atoms with Gasteiger partial charge in [-0.1, -0.05) is 80.1 Å². The molecule has 2 saturated carbocycles. The van der Waals surface area contributed by atoms with Crippen molar-refractivity contribution in [3.8, 4) is 5.75 Å². The van der Waals surface area contributed by atoms with Gasteiger partial charge >= 0.3 is 13.1 Å². The smallest absolute Gasteiger partial charge is 0.487 e. The zero-order chi connectivity index (χ0) is 33.8. The quantitative estimate of drug-likeness (QED) is 0.128. The van der Waals surface area contributed by atoms with Crippen LogP contribution in [-0.2, 0) is 41.0 Å². The van der Waals surface area contributed by atoms with Gasteiger partial charge in [-0.15, -0.1) is 0 Å².